The van der Waals surface area contributed by atoms with E-state index in [1.165, 1.54) is 0 Å². The zero-order valence-corrected chi connectivity index (χ0v) is 15.7. The molecule has 1 saturated carbocycles. The molecule has 140 valence electrons. The molecule has 4 rings (SSSR count). The van der Waals surface area contributed by atoms with Crippen molar-refractivity contribution in [3.05, 3.63) is 58.0 Å². The number of para-hydroxylation sites is 1. The molecule has 0 spiro atoms. The molecule has 0 unspecified atom stereocenters. The first kappa shape index (κ1) is 17.5. The minimum absolute atomic E-state index is 0.00405. The molecule has 27 heavy (non-hydrogen) atoms. The quantitative estimate of drug-likeness (QED) is 0.774. The third-order valence-electron chi connectivity index (χ3n) is 5.31. The molecule has 3 aromatic rings. The van der Waals surface area contributed by atoms with Gasteiger partial charge in [-0.25, -0.2) is 4.68 Å². The highest BCUT2D eigenvalue weighted by molar-refractivity contribution is 5.85. The maximum Gasteiger partial charge on any atom is 0.252 e. The smallest absolute Gasteiger partial charge is 0.252 e. The van der Waals surface area contributed by atoms with Gasteiger partial charge in [-0.05, 0) is 44.4 Å². The van der Waals surface area contributed by atoms with Crippen LogP contribution in [0.2, 0.25) is 0 Å². The van der Waals surface area contributed by atoms with Gasteiger partial charge in [-0.1, -0.05) is 31.0 Å². The number of rotatable bonds is 4. The molecule has 0 saturated heterocycles. The summed E-state index contributed by atoms with van der Waals surface area (Å²) in [6, 6.07) is 11.5. The Hall–Kier alpha value is -2.89. The number of pyridine rings is 1. The molecule has 0 radical (unpaired) electrons. The summed E-state index contributed by atoms with van der Waals surface area (Å²) in [5.74, 6) is -0.118. The van der Waals surface area contributed by atoms with Crippen molar-refractivity contribution in [3.63, 3.8) is 0 Å². The van der Waals surface area contributed by atoms with Crippen LogP contribution in [0.3, 0.4) is 0 Å². The Balaban J connectivity index is 1.81. The topological polar surface area (TPSA) is 68.9 Å². The van der Waals surface area contributed by atoms with Gasteiger partial charge in [-0.2, -0.15) is 5.10 Å². The van der Waals surface area contributed by atoms with Gasteiger partial charge in [-0.15, -0.1) is 0 Å². The molecule has 1 aromatic carbocycles. The average molecular weight is 364 g/mol. The predicted octanol–water partition coefficient (Wildman–Crippen LogP) is 2.86. The summed E-state index contributed by atoms with van der Waals surface area (Å²) in [6.45, 7) is 3.85. The van der Waals surface area contributed by atoms with Gasteiger partial charge in [0.2, 0.25) is 5.91 Å². The highest BCUT2D eigenvalue weighted by atomic mass is 16.2. The van der Waals surface area contributed by atoms with Gasteiger partial charge >= 0.3 is 0 Å². The Bertz CT molecular complexity index is 1040. The van der Waals surface area contributed by atoms with Crippen molar-refractivity contribution in [3.8, 4) is 5.69 Å². The maximum absolute atomic E-state index is 12.8. The first-order valence-electron chi connectivity index (χ1n) is 9.49. The zero-order valence-electron chi connectivity index (χ0n) is 15.7. The van der Waals surface area contributed by atoms with Gasteiger partial charge in [0.15, 0.2) is 0 Å². The van der Waals surface area contributed by atoms with Gasteiger partial charge in [-0.3, -0.25) is 14.2 Å². The second kappa shape index (κ2) is 7.02. The first-order chi connectivity index (χ1) is 13.0. The number of amides is 1. The van der Waals surface area contributed by atoms with E-state index in [9.17, 15) is 9.59 Å². The van der Waals surface area contributed by atoms with E-state index in [4.69, 9.17) is 0 Å². The molecule has 0 bridgehead atoms. The number of fused-ring (bicyclic) bond motifs is 1. The first-order valence-corrected chi connectivity index (χ1v) is 9.49. The Morgan fingerprint density at radius 3 is 2.59 bits per heavy atom. The van der Waals surface area contributed by atoms with Gasteiger partial charge in [0.25, 0.3) is 5.56 Å². The fraction of sp³-hybridized carbons (Fsp3) is 0.381. The van der Waals surface area contributed by atoms with Crippen molar-refractivity contribution < 1.29 is 4.79 Å². The molecule has 1 N–H and O–H groups in total. The normalized spacial score (nSPS) is 14.7. The lowest BCUT2D eigenvalue weighted by Crippen LogP contribution is -2.37. The molecular formula is C21H24N4O2. The number of nitrogens with zero attached hydrogens (tertiary/aromatic N) is 3. The molecule has 6 heteroatoms. The lowest BCUT2D eigenvalue weighted by Gasteiger charge is -2.15. The van der Waals surface area contributed by atoms with Gasteiger partial charge < -0.3 is 5.32 Å². The van der Waals surface area contributed by atoms with E-state index in [0.29, 0.717) is 5.65 Å². The van der Waals surface area contributed by atoms with Crippen LogP contribution in [-0.4, -0.2) is 26.3 Å². The molecule has 0 atom stereocenters. The summed E-state index contributed by atoms with van der Waals surface area (Å²) in [5, 5.41) is 8.65. The molecular weight excluding hydrogens is 340 g/mol. The Morgan fingerprint density at radius 1 is 1.19 bits per heavy atom. The van der Waals surface area contributed by atoms with Crippen LogP contribution in [0.5, 0.6) is 0 Å². The molecule has 1 amide bonds. The molecule has 2 aromatic heterocycles. The van der Waals surface area contributed by atoms with E-state index in [2.05, 4.69) is 10.4 Å². The van der Waals surface area contributed by atoms with Crippen LogP contribution in [0.4, 0.5) is 0 Å². The second-order valence-corrected chi connectivity index (χ2v) is 7.33. The van der Waals surface area contributed by atoms with Crippen LogP contribution in [-0.2, 0) is 11.3 Å². The van der Waals surface area contributed by atoms with Crippen LogP contribution >= 0.6 is 0 Å². The maximum atomic E-state index is 12.8. The highest BCUT2D eigenvalue weighted by Crippen LogP contribution is 2.24. The van der Waals surface area contributed by atoms with Crippen molar-refractivity contribution in [2.75, 3.05) is 0 Å². The van der Waals surface area contributed by atoms with Crippen LogP contribution in [0.25, 0.3) is 16.7 Å². The summed E-state index contributed by atoms with van der Waals surface area (Å²) < 4.78 is 3.31. The molecule has 2 heterocycles. The minimum atomic E-state index is -0.182. The molecule has 1 fully saturated rings. The Morgan fingerprint density at radius 2 is 1.89 bits per heavy atom. The summed E-state index contributed by atoms with van der Waals surface area (Å²) >= 11 is 0. The minimum Gasteiger partial charge on any atom is -0.352 e. The lowest BCUT2D eigenvalue weighted by atomic mass is 10.1. The number of carbonyl (C=O) groups excluding carboxylic acids is 1. The summed E-state index contributed by atoms with van der Waals surface area (Å²) in [5.41, 5.74) is 3.08. The van der Waals surface area contributed by atoms with E-state index in [1.54, 1.807) is 15.3 Å². The van der Waals surface area contributed by atoms with Gasteiger partial charge in [0.1, 0.15) is 12.2 Å². The van der Waals surface area contributed by atoms with Crippen molar-refractivity contribution >= 4 is 16.9 Å². The van der Waals surface area contributed by atoms with E-state index in [1.807, 2.05) is 44.2 Å². The van der Waals surface area contributed by atoms with Crippen LogP contribution in [0.15, 0.2) is 41.2 Å². The third-order valence-corrected chi connectivity index (χ3v) is 5.31. The summed E-state index contributed by atoms with van der Waals surface area (Å²) in [4.78, 5) is 25.4. The Labute approximate surface area is 157 Å². The Kier molecular flexibility index (Phi) is 4.56. The summed E-state index contributed by atoms with van der Waals surface area (Å²) in [7, 11) is 0. The van der Waals surface area contributed by atoms with E-state index >= 15 is 0 Å². The lowest BCUT2D eigenvalue weighted by molar-refractivity contribution is -0.122. The van der Waals surface area contributed by atoms with Crippen LogP contribution in [0.1, 0.15) is 36.9 Å². The van der Waals surface area contributed by atoms with Crippen molar-refractivity contribution in [2.24, 2.45) is 0 Å². The fourth-order valence-electron chi connectivity index (χ4n) is 4.05. The van der Waals surface area contributed by atoms with Crippen LogP contribution < -0.4 is 10.9 Å². The van der Waals surface area contributed by atoms with Crippen molar-refractivity contribution in [1.82, 2.24) is 19.7 Å². The van der Waals surface area contributed by atoms with Gasteiger partial charge in [0.05, 0.1) is 11.4 Å². The molecule has 1 aliphatic rings. The van der Waals surface area contributed by atoms with E-state index in [-0.39, 0.29) is 24.1 Å². The van der Waals surface area contributed by atoms with E-state index in [0.717, 1.165) is 48.0 Å². The number of carbonyl (C=O) groups is 1. The largest absolute Gasteiger partial charge is 0.352 e. The predicted molar refractivity (Wildman–Crippen MR) is 105 cm³/mol. The van der Waals surface area contributed by atoms with Crippen molar-refractivity contribution in [1.29, 1.82) is 0 Å². The standard InChI is InChI=1S/C21H24N4O2/c1-14-12-19(27)24(13-18(26)22-16-8-6-7-9-16)21-20(14)15(2)23-25(21)17-10-4-3-5-11-17/h3-5,10-12,16H,6-9,13H2,1-2H3,(H,22,26). The number of nitrogens with one attached hydrogen (secondary N) is 1. The number of benzene rings is 1. The number of aromatic nitrogens is 3. The van der Waals surface area contributed by atoms with E-state index < -0.39 is 0 Å². The zero-order chi connectivity index (χ0) is 19.0. The van der Waals surface area contributed by atoms with Crippen molar-refractivity contribution in [2.45, 2.75) is 52.1 Å². The molecule has 6 nitrogen and oxygen atoms in total. The third kappa shape index (κ3) is 3.27. The SMILES string of the molecule is Cc1cc(=O)n(CC(=O)NC2CCCC2)c2c1c(C)nn2-c1ccccc1. The molecule has 1 aliphatic carbocycles. The monoisotopic (exact) mass is 364 g/mol. The number of hydrogen-bond acceptors (Lipinski definition) is 3. The number of hydrogen-bond donors (Lipinski definition) is 1. The molecule has 0 aliphatic heterocycles. The fourth-order valence-corrected chi connectivity index (χ4v) is 4.05. The highest BCUT2D eigenvalue weighted by Gasteiger charge is 2.21. The number of aryl methyl sites for hydroxylation is 2. The van der Waals surface area contributed by atoms with Gasteiger partial charge in [0, 0.05) is 17.5 Å². The summed E-state index contributed by atoms with van der Waals surface area (Å²) in [6.07, 6.45) is 4.34. The average Bonchev–Trinajstić information content (AvgIpc) is 3.27. The van der Waals surface area contributed by atoms with Crippen LogP contribution in [0, 0.1) is 13.8 Å². The second-order valence-electron chi connectivity index (χ2n) is 7.33.